The normalized spacial score (nSPS) is 22.1. The van der Waals surface area contributed by atoms with Crippen LogP contribution in [-0.4, -0.2) is 46.6 Å². The third kappa shape index (κ3) is 3.02. The van der Waals surface area contributed by atoms with E-state index >= 15 is 0 Å². The summed E-state index contributed by atoms with van der Waals surface area (Å²) in [5.41, 5.74) is -0.870. The van der Waals surface area contributed by atoms with Gasteiger partial charge in [-0.1, -0.05) is 0 Å². The first-order chi connectivity index (χ1) is 10.8. The Balaban J connectivity index is 1.53. The number of fused-ring (bicyclic) bond motifs is 1. The summed E-state index contributed by atoms with van der Waals surface area (Å²) in [5.74, 6) is -5.08. The van der Waals surface area contributed by atoms with E-state index in [9.17, 15) is 18.7 Å². The van der Waals surface area contributed by atoms with E-state index in [0.29, 0.717) is 6.42 Å². The van der Waals surface area contributed by atoms with Crippen molar-refractivity contribution in [1.29, 1.82) is 0 Å². The largest absolute Gasteiger partial charge is 0.383 e. The lowest BCUT2D eigenvalue weighted by Crippen LogP contribution is -2.61. The Morgan fingerprint density at radius 3 is 2.96 bits per heavy atom. The number of thiophene rings is 1. The van der Waals surface area contributed by atoms with Crippen molar-refractivity contribution in [1.82, 2.24) is 10.2 Å². The van der Waals surface area contributed by atoms with Crippen molar-refractivity contribution in [2.24, 2.45) is 0 Å². The van der Waals surface area contributed by atoms with Gasteiger partial charge in [-0.25, -0.2) is 0 Å². The number of aliphatic hydroxyl groups is 1. The molecule has 1 atom stereocenters. The third-order valence-corrected chi connectivity index (χ3v) is 6.09. The Morgan fingerprint density at radius 2 is 2.30 bits per heavy atom. The second-order valence-corrected chi connectivity index (χ2v) is 7.61. The van der Waals surface area contributed by atoms with Crippen molar-refractivity contribution >= 4 is 17.2 Å². The Bertz CT molecular complexity index is 586. The zero-order valence-electron chi connectivity index (χ0n) is 13.1. The summed E-state index contributed by atoms with van der Waals surface area (Å²) in [4.78, 5) is 15.4. The highest BCUT2D eigenvalue weighted by Crippen LogP contribution is 2.44. The number of hydrogen-bond acceptors (Lipinski definition) is 4. The van der Waals surface area contributed by atoms with Gasteiger partial charge in [0.05, 0.1) is 0 Å². The van der Waals surface area contributed by atoms with Gasteiger partial charge in [0.25, 0.3) is 5.91 Å². The second-order valence-electron chi connectivity index (χ2n) is 6.61. The standard InChI is InChI=1S/C16H22F2N2O2S/c1-11(20-7-3-13-12(10-20)4-8-23-13)9-19-14(21)16(17,18)15(22)5-2-6-15/h4,8,11,22H,2-3,5-7,9-10H2,1H3,(H,19,21). The van der Waals surface area contributed by atoms with Crippen LogP contribution < -0.4 is 5.32 Å². The number of alkyl halides is 2. The highest BCUT2D eigenvalue weighted by Gasteiger charge is 2.61. The minimum Gasteiger partial charge on any atom is -0.383 e. The van der Waals surface area contributed by atoms with Crippen molar-refractivity contribution in [2.75, 3.05) is 13.1 Å². The minimum atomic E-state index is -3.71. The van der Waals surface area contributed by atoms with E-state index in [2.05, 4.69) is 21.7 Å². The number of carbonyl (C=O) groups is 1. The molecule has 1 aliphatic heterocycles. The van der Waals surface area contributed by atoms with E-state index in [0.717, 1.165) is 19.5 Å². The molecule has 2 heterocycles. The van der Waals surface area contributed by atoms with Crippen LogP contribution in [0.25, 0.3) is 0 Å². The molecule has 1 aromatic rings. The van der Waals surface area contributed by atoms with Crippen LogP contribution in [0.5, 0.6) is 0 Å². The van der Waals surface area contributed by atoms with Crippen LogP contribution in [0.2, 0.25) is 0 Å². The van der Waals surface area contributed by atoms with Crippen LogP contribution in [0.4, 0.5) is 8.78 Å². The summed E-state index contributed by atoms with van der Waals surface area (Å²) in [6.07, 6.45) is 1.46. The van der Waals surface area contributed by atoms with E-state index in [1.807, 2.05) is 6.92 Å². The summed E-state index contributed by atoms with van der Waals surface area (Å²) >= 11 is 1.75. The molecule has 1 saturated carbocycles. The molecular weight excluding hydrogens is 322 g/mol. The van der Waals surface area contributed by atoms with E-state index in [1.54, 1.807) is 11.3 Å². The lowest BCUT2D eigenvalue weighted by molar-refractivity contribution is -0.216. The zero-order valence-corrected chi connectivity index (χ0v) is 14.0. The average molecular weight is 344 g/mol. The van der Waals surface area contributed by atoms with Crippen molar-refractivity contribution in [3.63, 3.8) is 0 Å². The maximum absolute atomic E-state index is 14.0. The second kappa shape index (κ2) is 6.11. The number of hydrogen-bond donors (Lipinski definition) is 2. The van der Waals surface area contributed by atoms with Gasteiger partial charge in [-0.15, -0.1) is 11.3 Å². The van der Waals surface area contributed by atoms with E-state index < -0.39 is 17.4 Å². The zero-order chi connectivity index (χ0) is 16.7. The fourth-order valence-electron chi connectivity index (χ4n) is 3.16. The quantitative estimate of drug-likeness (QED) is 0.861. The minimum absolute atomic E-state index is 0.0178. The molecule has 1 aliphatic carbocycles. The lowest BCUT2D eigenvalue weighted by atomic mass is 9.75. The summed E-state index contributed by atoms with van der Waals surface area (Å²) in [5, 5.41) is 14.2. The molecule has 0 radical (unpaired) electrons. The third-order valence-electron chi connectivity index (χ3n) is 5.07. The number of carbonyl (C=O) groups excluding carboxylic acids is 1. The lowest BCUT2D eigenvalue weighted by Gasteiger charge is -2.41. The smallest absolute Gasteiger partial charge is 0.352 e. The monoisotopic (exact) mass is 344 g/mol. The van der Waals surface area contributed by atoms with Gasteiger partial charge in [0.1, 0.15) is 5.60 Å². The number of nitrogens with zero attached hydrogens (tertiary/aromatic N) is 1. The average Bonchev–Trinajstić information content (AvgIpc) is 2.96. The van der Waals surface area contributed by atoms with Crippen molar-refractivity contribution in [2.45, 2.75) is 56.7 Å². The van der Waals surface area contributed by atoms with Gasteiger partial charge in [0.2, 0.25) is 0 Å². The molecule has 0 spiro atoms. The van der Waals surface area contributed by atoms with Gasteiger partial charge in [-0.2, -0.15) is 8.78 Å². The fourth-order valence-corrected chi connectivity index (χ4v) is 4.05. The van der Waals surface area contributed by atoms with Crippen LogP contribution in [0.1, 0.15) is 36.6 Å². The molecule has 23 heavy (non-hydrogen) atoms. The van der Waals surface area contributed by atoms with Crippen LogP contribution in [0.15, 0.2) is 11.4 Å². The SMILES string of the molecule is CC(CNC(=O)C(F)(F)C1(O)CCC1)N1CCc2sccc2C1. The van der Waals surface area contributed by atoms with Crippen molar-refractivity contribution in [3.05, 3.63) is 21.9 Å². The molecule has 2 N–H and O–H groups in total. The highest BCUT2D eigenvalue weighted by atomic mass is 32.1. The number of nitrogens with one attached hydrogen (secondary N) is 1. The van der Waals surface area contributed by atoms with E-state index in [-0.39, 0.29) is 25.4 Å². The molecule has 0 bridgehead atoms. The van der Waals surface area contributed by atoms with Crippen LogP contribution in [0, 0.1) is 0 Å². The van der Waals surface area contributed by atoms with Crippen molar-refractivity contribution in [3.8, 4) is 0 Å². The molecule has 1 fully saturated rings. The number of halogens is 2. The summed E-state index contributed by atoms with van der Waals surface area (Å²) in [7, 11) is 0. The van der Waals surface area contributed by atoms with Gasteiger partial charge in [0.15, 0.2) is 0 Å². The first-order valence-electron chi connectivity index (χ1n) is 8.01. The topological polar surface area (TPSA) is 52.6 Å². The van der Waals surface area contributed by atoms with Gasteiger partial charge in [0, 0.05) is 30.6 Å². The van der Waals surface area contributed by atoms with Crippen LogP contribution >= 0.6 is 11.3 Å². The molecule has 0 aromatic carbocycles. The Hall–Kier alpha value is -1.05. The summed E-state index contributed by atoms with van der Waals surface area (Å²) < 4.78 is 28.0. The number of rotatable bonds is 5. The molecule has 4 nitrogen and oxygen atoms in total. The maximum Gasteiger partial charge on any atom is 0.352 e. The Morgan fingerprint density at radius 1 is 1.57 bits per heavy atom. The van der Waals surface area contributed by atoms with Crippen LogP contribution in [0.3, 0.4) is 0 Å². The molecule has 1 aromatic heterocycles. The summed E-state index contributed by atoms with van der Waals surface area (Å²) in [6.45, 7) is 3.74. The first kappa shape index (κ1) is 16.8. The van der Waals surface area contributed by atoms with Gasteiger partial charge < -0.3 is 10.4 Å². The molecular formula is C16H22F2N2O2S. The molecule has 3 rings (SSSR count). The maximum atomic E-state index is 14.0. The van der Waals surface area contributed by atoms with Gasteiger partial charge in [-0.3, -0.25) is 9.69 Å². The predicted octanol–water partition coefficient (Wildman–Crippen LogP) is 2.16. The molecule has 2 aliphatic rings. The molecule has 7 heteroatoms. The van der Waals surface area contributed by atoms with Gasteiger partial charge in [-0.05, 0) is 49.6 Å². The molecule has 0 saturated heterocycles. The van der Waals surface area contributed by atoms with Crippen LogP contribution in [-0.2, 0) is 17.8 Å². The highest BCUT2D eigenvalue weighted by molar-refractivity contribution is 7.10. The van der Waals surface area contributed by atoms with Crippen molar-refractivity contribution < 1.29 is 18.7 Å². The Labute approximate surface area is 138 Å². The molecule has 128 valence electrons. The van der Waals surface area contributed by atoms with Gasteiger partial charge >= 0.3 is 5.92 Å². The first-order valence-corrected chi connectivity index (χ1v) is 8.89. The molecule has 1 amide bonds. The van der Waals surface area contributed by atoms with E-state index in [1.165, 1.54) is 10.4 Å². The fraction of sp³-hybridized carbons (Fsp3) is 0.688. The summed E-state index contributed by atoms with van der Waals surface area (Å²) in [6, 6.07) is 2.07. The molecule has 1 unspecified atom stereocenters. The predicted molar refractivity (Wildman–Crippen MR) is 84.7 cm³/mol. The Kier molecular flexibility index (Phi) is 4.46. The number of amides is 1. The van der Waals surface area contributed by atoms with E-state index in [4.69, 9.17) is 0 Å².